The van der Waals surface area contributed by atoms with E-state index >= 15 is 0 Å². The Kier molecular flexibility index (Phi) is 6.36. The minimum atomic E-state index is -0.296. The summed E-state index contributed by atoms with van der Waals surface area (Å²) in [6.45, 7) is 0.366. The third-order valence-electron chi connectivity index (χ3n) is 4.80. The molecule has 136 valence electrons. The summed E-state index contributed by atoms with van der Waals surface area (Å²) in [5.41, 5.74) is 1.77. The number of nitrogens with zero attached hydrogens (tertiary/aromatic N) is 1. The van der Waals surface area contributed by atoms with E-state index in [1.54, 1.807) is 6.20 Å². The van der Waals surface area contributed by atoms with Gasteiger partial charge in [0.2, 0.25) is 11.8 Å². The van der Waals surface area contributed by atoms with Crippen molar-refractivity contribution in [3.05, 3.63) is 66.0 Å². The molecule has 1 atom stereocenters. The molecule has 0 bridgehead atoms. The van der Waals surface area contributed by atoms with Crippen LogP contribution >= 0.6 is 0 Å². The standard InChI is InChI=1S/C21H25N3O2/c25-19(13-15-23-21(26)17-10-4-5-11-17)24-20(16-8-2-1-3-9-16)18-12-6-7-14-22-18/h1-3,6-9,12,14,17,20H,4-5,10-11,13,15H2,(H,23,26)(H,24,25). The Hall–Kier alpha value is -2.69. The van der Waals surface area contributed by atoms with Gasteiger partial charge in [-0.05, 0) is 30.5 Å². The molecule has 0 saturated heterocycles. The molecule has 2 amide bonds. The van der Waals surface area contributed by atoms with E-state index in [-0.39, 0.29) is 30.2 Å². The van der Waals surface area contributed by atoms with Crippen molar-refractivity contribution in [3.8, 4) is 0 Å². The molecule has 2 aromatic rings. The normalized spacial score (nSPS) is 15.4. The molecule has 5 heteroatoms. The zero-order chi connectivity index (χ0) is 18.2. The van der Waals surface area contributed by atoms with Gasteiger partial charge in [0.1, 0.15) is 0 Å². The van der Waals surface area contributed by atoms with Crippen LogP contribution in [0.15, 0.2) is 54.7 Å². The molecule has 2 N–H and O–H groups in total. The van der Waals surface area contributed by atoms with Crippen molar-refractivity contribution < 1.29 is 9.59 Å². The van der Waals surface area contributed by atoms with E-state index in [1.807, 2.05) is 48.5 Å². The molecule has 3 rings (SSSR count). The third-order valence-corrected chi connectivity index (χ3v) is 4.80. The average molecular weight is 351 g/mol. The third kappa shape index (κ3) is 4.91. The summed E-state index contributed by atoms with van der Waals surface area (Å²) in [5.74, 6) is 0.111. The summed E-state index contributed by atoms with van der Waals surface area (Å²) in [4.78, 5) is 28.8. The Morgan fingerprint density at radius 1 is 1.04 bits per heavy atom. The van der Waals surface area contributed by atoms with Gasteiger partial charge in [-0.1, -0.05) is 49.2 Å². The molecule has 0 spiro atoms. The van der Waals surface area contributed by atoms with Crippen LogP contribution in [0.4, 0.5) is 0 Å². The van der Waals surface area contributed by atoms with Crippen LogP contribution in [0.2, 0.25) is 0 Å². The molecule has 1 heterocycles. The zero-order valence-electron chi connectivity index (χ0n) is 14.9. The van der Waals surface area contributed by atoms with Gasteiger partial charge in [0, 0.05) is 25.1 Å². The Labute approximate surface area is 154 Å². The minimum absolute atomic E-state index is 0.0830. The maximum absolute atomic E-state index is 12.4. The second-order valence-corrected chi connectivity index (χ2v) is 6.69. The first-order valence-electron chi connectivity index (χ1n) is 9.27. The summed E-state index contributed by atoms with van der Waals surface area (Å²) < 4.78 is 0. The average Bonchev–Trinajstić information content (AvgIpc) is 3.22. The van der Waals surface area contributed by atoms with Gasteiger partial charge in [-0.25, -0.2) is 0 Å². The molecule has 1 aromatic carbocycles. The van der Waals surface area contributed by atoms with E-state index in [0.717, 1.165) is 36.9 Å². The number of carbonyl (C=O) groups excluding carboxylic acids is 2. The van der Waals surface area contributed by atoms with Gasteiger partial charge in [-0.3, -0.25) is 14.6 Å². The molecular weight excluding hydrogens is 326 g/mol. The summed E-state index contributed by atoms with van der Waals surface area (Å²) >= 11 is 0. The zero-order valence-corrected chi connectivity index (χ0v) is 14.9. The highest BCUT2D eigenvalue weighted by molar-refractivity contribution is 5.81. The van der Waals surface area contributed by atoms with E-state index in [0.29, 0.717) is 6.54 Å². The summed E-state index contributed by atoms with van der Waals surface area (Å²) in [6.07, 6.45) is 6.16. The number of pyridine rings is 1. The van der Waals surface area contributed by atoms with Crippen LogP contribution in [0.25, 0.3) is 0 Å². The number of hydrogen-bond acceptors (Lipinski definition) is 3. The van der Waals surface area contributed by atoms with Crippen molar-refractivity contribution >= 4 is 11.8 Å². The molecule has 0 radical (unpaired) electrons. The first-order valence-corrected chi connectivity index (χ1v) is 9.27. The maximum atomic E-state index is 12.4. The number of carbonyl (C=O) groups is 2. The fourth-order valence-electron chi connectivity index (χ4n) is 3.38. The molecule has 1 aliphatic carbocycles. The quantitative estimate of drug-likeness (QED) is 0.805. The molecular formula is C21H25N3O2. The van der Waals surface area contributed by atoms with Crippen LogP contribution in [0.1, 0.15) is 49.4 Å². The van der Waals surface area contributed by atoms with E-state index in [4.69, 9.17) is 0 Å². The number of amides is 2. The maximum Gasteiger partial charge on any atom is 0.223 e. The van der Waals surface area contributed by atoms with Gasteiger partial charge < -0.3 is 10.6 Å². The smallest absolute Gasteiger partial charge is 0.223 e. The van der Waals surface area contributed by atoms with Crippen molar-refractivity contribution in [2.24, 2.45) is 5.92 Å². The van der Waals surface area contributed by atoms with Crippen LogP contribution in [-0.4, -0.2) is 23.3 Å². The lowest BCUT2D eigenvalue weighted by molar-refractivity contribution is -0.125. The van der Waals surface area contributed by atoms with Gasteiger partial charge in [-0.2, -0.15) is 0 Å². The number of nitrogens with one attached hydrogen (secondary N) is 2. The highest BCUT2D eigenvalue weighted by Gasteiger charge is 2.22. The van der Waals surface area contributed by atoms with Gasteiger partial charge in [-0.15, -0.1) is 0 Å². The Morgan fingerprint density at radius 3 is 2.46 bits per heavy atom. The lowest BCUT2D eigenvalue weighted by Crippen LogP contribution is -2.35. The lowest BCUT2D eigenvalue weighted by Gasteiger charge is -2.19. The molecule has 1 aliphatic rings. The molecule has 1 fully saturated rings. The topological polar surface area (TPSA) is 71.1 Å². The minimum Gasteiger partial charge on any atom is -0.355 e. The van der Waals surface area contributed by atoms with Crippen molar-refractivity contribution in [2.75, 3.05) is 6.54 Å². The fraction of sp³-hybridized carbons (Fsp3) is 0.381. The second kappa shape index (κ2) is 9.13. The predicted molar refractivity (Wildman–Crippen MR) is 100 cm³/mol. The van der Waals surface area contributed by atoms with Gasteiger partial charge in [0.15, 0.2) is 0 Å². The molecule has 0 aliphatic heterocycles. The number of aromatic nitrogens is 1. The first-order chi connectivity index (χ1) is 12.7. The van der Waals surface area contributed by atoms with Crippen molar-refractivity contribution in [1.82, 2.24) is 15.6 Å². The van der Waals surface area contributed by atoms with E-state index in [9.17, 15) is 9.59 Å². The highest BCUT2D eigenvalue weighted by atomic mass is 16.2. The largest absolute Gasteiger partial charge is 0.355 e. The molecule has 1 aromatic heterocycles. The summed E-state index contributed by atoms with van der Waals surface area (Å²) in [5, 5.41) is 5.93. The van der Waals surface area contributed by atoms with E-state index in [1.165, 1.54) is 0 Å². The van der Waals surface area contributed by atoms with E-state index < -0.39 is 0 Å². The van der Waals surface area contributed by atoms with Crippen molar-refractivity contribution in [3.63, 3.8) is 0 Å². The summed E-state index contributed by atoms with van der Waals surface area (Å²) in [7, 11) is 0. The molecule has 26 heavy (non-hydrogen) atoms. The van der Waals surface area contributed by atoms with Gasteiger partial charge in [0.05, 0.1) is 11.7 Å². The highest BCUT2D eigenvalue weighted by Crippen LogP contribution is 2.24. The number of hydrogen-bond donors (Lipinski definition) is 2. The predicted octanol–water partition coefficient (Wildman–Crippen LogP) is 2.98. The van der Waals surface area contributed by atoms with Crippen LogP contribution < -0.4 is 10.6 Å². The number of benzene rings is 1. The molecule has 5 nitrogen and oxygen atoms in total. The SMILES string of the molecule is O=C(CCNC(=O)C1CCCC1)NC(c1ccccc1)c1ccccn1. The van der Waals surface area contributed by atoms with Crippen LogP contribution in [0.5, 0.6) is 0 Å². The van der Waals surface area contributed by atoms with Crippen LogP contribution in [0, 0.1) is 5.92 Å². The molecule has 1 saturated carbocycles. The Bertz CT molecular complexity index is 673. The van der Waals surface area contributed by atoms with Gasteiger partial charge >= 0.3 is 0 Å². The van der Waals surface area contributed by atoms with E-state index in [2.05, 4.69) is 15.6 Å². The molecule has 1 unspecified atom stereocenters. The lowest BCUT2D eigenvalue weighted by atomic mass is 10.0. The Morgan fingerprint density at radius 2 is 1.77 bits per heavy atom. The van der Waals surface area contributed by atoms with Crippen LogP contribution in [-0.2, 0) is 9.59 Å². The van der Waals surface area contributed by atoms with Crippen LogP contribution in [0.3, 0.4) is 0 Å². The van der Waals surface area contributed by atoms with Crippen molar-refractivity contribution in [2.45, 2.75) is 38.1 Å². The first kappa shape index (κ1) is 18.1. The monoisotopic (exact) mass is 351 g/mol. The van der Waals surface area contributed by atoms with Gasteiger partial charge in [0.25, 0.3) is 0 Å². The number of rotatable bonds is 7. The van der Waals surface area contributed by atoms with Crippen molar-refractivity contribution in [1.29, 1.82) is 0 Å². The Balaban J connectivity index is 1.56. The second-order valence-electron chi connectivity index (χ2n) is 6.69. The fourth-order valence-corrected chi connectivity index (χ4v) is 3.38. The summed E-state index contributed by atoms with van der Waals surface area (Å²) in [6, 6.07) is 15.1.